The lowest BCUT2D eigenvalue weighted by Gasteiger charge is -2.35. The van der Waals surface area contributed by atoms with Gasteiger partial charge >= 0.3 is 0 Å². The summed E-state index contributed by atoms with van der Waals surface area (Å²) in [6.07, 6.45) is -0.103. The minimum absolute atomic E-state index is 0.0154. The zero-order chi connectivity index (χ0) is 16.1. The summed E-state index contributed by atoms with van der Waals surface area (Å²) >= 11 is 0. The maximum atomic E-state index is 12.2. The van der Waals surface area contributed by atoms with Gasteiger partial charge < -0.3 is 14.8 Å². The molecule has 0 radical (unpaired) electrons. The zero-order valence-corrected chi connectivity index (χ0v) is 13.1. The molecule has 0 saturated carbocycles. The van der Waals surface area contributed by atoms with E-state index in [9.17, 15) is 4.79 Å². The Hall–Kier alpha value is -2.17. The molecule has 0 spiro atoms. The van der Waals surface area contributed by atoms with Gasteiger partial charge in [0, 0.05) is 5.56 Å². The maximum absolute atomic E-state index is 12.2. The topological polar surface area (TPSA) is 47.6 Å². The molecule has 0 aliphatic carbocycles. The highest BCUT2D eigenvalue weighted by molar-refractivity contribution is 5.78. The number of hydrogen-bond donors (Lipinski definition) is 1. The third-order valence-electron chi connectivity index (χ3n) is 3.96. The second kappa shape index (κ2) is 7.40. The Morgan fingerprint density at radius 1 is 1.09 bits per heavy atom. The van der Waals surface area contributed by atoms with Crippen LogP contribution in [-0.4, -0.2) is 24.7 Å². The average Bonchev–Trinajstić information content (AvgIpc) is 2.58. The first-order valence-electron chi connectivity index (χ1n) is 7.87. The third kappa shape index (κ3) is 4.18. The first kappa shape index (κ1) is 15.7. The van der Waals surface area contributed by atoms with Crippen molar-refractivity contribution in [3.05, 3.63) is 71.8 Å². The van der Waals surface area contributed by atoms with Crippen molar-refractivity contribution < 1.29 is 14.3 Å². The van der Waals surface area contributed by atoms with E-state index in [1.807, 2.05) is 67.6 Å². The lowest BCUT2D eigenvalue weighted by atomic mass is 10.1. The van der Waals surface area contributed by atoms with Gasteiger partial charge in [0.25, 0.3) is 0 Å². The molecule has 1 aliphatic heterocycles. The molecule has 2 aromatic rings. The van der Waals surface area contributed by atoms with E-state index in [0.29, 0.717) is 13.0 Å². The van der Waals surface area contributed by atoms with Crippen LogP contribution in [0.4, 0.5) is 0 Å². The molecule has 1 heterocycles. The van der Waals surface area contributed by atoms with Crippen LogP contribution in [0.5, 0.6) is 0 Å². The summed E-state index contributed by atoms with van der Waals surface area (Å²) in [7, 11) is 0. The molecule has 4 heteroatoms. The minimum atomic E-state index is -0.367. The largest absolute Gasteiger partial charge is 0.348 e. The number of carbonyl (C=O) groups is 1. The molecule has 0 aromatic heterocycles. The Morgan fingerprint density at radius 3 is 2.39 bits per heavy atom. The van der Waals surface area contributed by atoms with Crippen LogP contribution in [0.15, 0.2) is 60.7 Å². The van der Waals surface area contributed by atoms with Crippen LogP contribution in [0, 0.1) is 0 Å². The van der Waals surface area contributed by atoms with E-state index in [4.69, 9.17) is 9.47 Å². The summed E-state index contributed by atoms with van der Waals surface area (Å²) in [5, 5.41) is 3.00. The Balaban J connectivity index is 1.53. The van der Waals surface area contributed by atoms with E-state index in [0.717, 1.165) is 11.1 Å². The van der Waals surface area contributed by atoms with Gasteiger partial charge in [-0.1, -0.05) is 60.7 Å². The minimum Gasteiger partial charge on any atom is -0.348 e. The summed E-state index contributed by atoms with van der Waals surface area (Å²) in [5.74, 6) is -0.0154. The van der Waals surface area contributed by atoms with Crippen LogP contribution >= 0.6 is 0 Å². The molecule has 1 aliphatic rings. The van der Waals surface area contributed by atoms with Gasteiger partial charge in [0.2, 0.25) is 5.91 Å². The Morgan fingerprint density at radius 2 is 1.74 bits per heavy atom. The fourth-order valence-corrected chi connectivity index (χ4v) is 2.64. The third-order valence-corrected chi connectivity index (χ3v) is 3.96. The van der Waals surface area contributed by atoms with Gasteiger partial charge in [0.15, 0.2) is 6.29 Å². The van der Waals surface area contributed by atoms with E-state index in [2.05, 4.69) is 5.32 Å². The first-order chi connectivity index (χ1) is 11.2. The van der Waals surface area contributed by atoms with Crippen molar-refractivity contribution >= 4 is 5.91 Å². The molecule has 0 bridgehead atoms. The predicted octanol–water partition coefficient (Wildman–Crippen LogP) is 2.85. The van der Waals surface area contributed by atoms with Gasteiger partial charge in [0.1, 0.15) is 0 Å². The molecular formula is C19H21NO3. The number of nitrogens with one attached hydrogen (secondary N) is 1. The van der Waals surface area contributed by atoms with Gasteiger partial charge in [-0.2, -0.15) is 0 Å². The summed E-state index contributed by atoms with van der Waals surface area (Å²) in [4.78, 5) is 12.2. The molecule has 1 amide bonds. The average molecular weight is 311 g/mol. The van der Waals surface area contributed by atoms with Crippen LogP contribution in [0.25, 0.3) is 0 Å². The first-order valence-corrected chi connectivity index (χ1v) is 7.87. The molecule has 3 rings (SSSR count). The molecule has 23 heavy (non-hydrogen) atoms. The quantitative estimate of drug-likeness (QED) is 0.944. The van der Waals surface area contributed by atoms with Crippen molar-refractivity contribution in [2.24, 2.45) is 0 Å². The van der Waals surface area contributed by atoms with E-state index in [1.54, 1.807) is 0 Å². The van der Waals surface area contributed by atoms with Crippen LogP contribution in [0.3, 0.4) is 0 Å². The SMILES string of the molecule is C[C@@H]1O[C@H](c2ccccc2)OC[C@H]1NC(=O)Cc1ccccc1. The Kier molecular flexibility index (Phi) is 5.05. The van der Waals surface area contributed by atoms with Crippen LogP contribution < -0.4 is 5.32 Å². The number of ether oxygens (including phenoxy) is 2. The number of carbonyl (C=O) groups excluding carboxylic acids is 1. The number of amides is 1. The van der Waals surface area contributed by atoms with Gasteiger partial charge in [-0.05, 0) is 12.5 Å². The molecular weight excluding hydrogens is 290 g/mol. The smallest absolute Gasteiger partial charge is 0.224 e. The monoisotopic (exact) mass is 311 g/mol. The highest BCUT2D eigenvalue weighted by Gasteiger charge is 2.30. The van der Waals surface area contributed by atoms with Gasteiger partial charge in [-0.15, -0.1) is 0 Å². The molecule has 1 N–H and O–H groups in total. The second-order valence-corrected chi connectivity index (χ2v) is 5.75. The fraction of sp³-hybridized carbons (Fsp3) is 0.316. The molecule has 1 saturated heterocycles. The van der Waals surface area contributed by atoms with Crippen molar-refractivity contribution in [3.63, 3.8) is 0 Å². The van der Waals surface area contributed by atoms with Crippen LogP contribution in [0.2, 0.25) is 0 Å². The molecule has 120 valence electrons. The fourth-order valence-electron chi connectivity index (χ4n) is 2.64. The molecule has 2 aromatic carbocycles. The van der Waals surface area contributed by atoms with Crippen LogP contribution in [0.1, 0.15) is 24.3 Å². The van der Waals surface area contributed by atoms with Crippen LogP contribution in [-0.2, 0) is 20.7 Å². The summed E-state index contributed by atoms with van der Waals surface area (Å²) in [6, 6.07) is 19.4. The Labute approximate surface area is 136 Å². The molecule has 0 unspecified atom stereocenters. The summed E-state index contributed by atoms with van der Waals surface area (Å²) in [5.41, 5.74) is 1.99. The predicted molar refractivity (Wildman–Crippen MR) is 87.8 cm³/mol. The van der Waals surface area contributed by atoms with Crippen molar-refractivity contribution in [1.82, 2.24) is 5.32 Å². The van der Waals surface area contributed by atoms with E-state index < -0.39 is 0 Å². The summed E-state index contributed by atoms with van der Waals surface area (Å²) in [6.45, 7) is 2.41. The maximum Gasteiger partial charge on any atom is 0.224 e. The molecule has 4 nitrogen and oxygen atoms in total. The van der Waals surface area contributed by atoms with Crippen molar-refractivity contribution in [3.8, 4) is 0 Å². The van der Waals surface area contributed by atoms with E-state index in [-0.39, 0.29) is 24.3 Å². The standard InChI is InChI=1S/C19H21NO3/c1-14-17(20-18(21)12-15-8-4-2-5-9-15)13-22-19(23-14)16-10-6-3-7-11-16/h2-11,14,17,19H,12-13H2,1H3,(H,20,21)/t14-,17+,19+/m0/s1. The summed E-state index contributed by atoms with van der Waals surface area (Å²) < 4.78 is 11.7. The van der Waals surface area contributed by atoms with E-state index >= 15 is 0 Å². The molecule has 3 atom stereocenters. The molecule has 1 fully saturated rings. The van der Waals surface area contributed by atoms with Gasteiger partial charge in [0.05, 0.1) is 25.2 Å². The highest BCUT2D eigenvalue weighted by Crippen LogP contribution is 2.26. The van der Waals surface area contributed by atoms with Crippen molar-refractivity contribution in [2.45, 2.75) is 31.8 Å². The van der Waals surface area contributed by atoms with E-state index in [1.165, 1.54) is 0 Å². The highest BCUT2D eigenvalue weighted by atomic mass is 16.7. The lowest BCUT2D eigenvalue weighted by molar-refractivity contribution is -0.224. The Bertz CT molecular complexity index is 630. The second-order valence-electron chi connectivity index (χ2n) is 5.75. The van der Waals surface area contributed by atoms with Crippen molar-refractivity contribution in [2.75, 3.05) is 6.61 Å². The van der Waals surface area contributed by atoms with Crippen molar-refractivity contribution in [1.29, 1.82) is 0 Å². The van der Waals surface area contributed by atoms with Gasteiger partial charge in [-0.3, -0.25) is 4.79 Å². The lowest BCUT2D eigenvalue weighted by Crippen LogP contribution is -2.50. The zero-order valence-electron chi connectivity index (χ0n) is 13.1. The van der Waals surface area contributed by atoms with Gasteiger partial charge in [-0.25, -0.2) is 0 Å². The number of benzene rings is 2. The normalized spacial score (nSPS) is 24.1. The number of rotatable bonds is 4. The number of hydrogen-bond acceptors (Lipinski definition) is 3.